The van der Waals surface area contributed by atoms with Gasteiger partial charge in [0.05, 0.1) is 11.7 Å². The van der Waals surface area contributed by atoms with Gasteiger partial charge >= 0.3 is 6.03 Å². The van der Waals surface area contributed by atoms with Crippen LogP contribution in [0.4, 0.5) is 10.5 Å². The normalized spacial score (nSPS) is 12.6. The van der Waals surface area contributed by atoms with Crippen molar-refractivity contribution in [1.82, 2.24) is 9.78 Å². The number of benzene rings is 2. The van der Waals surface area contributed by atoms with E-state index in [4.69, 9.17) is 9.47 Å². The van der Waals surface area contributed by atoms with E-state index in [1.807, 2.05) is 25.1 Å². The molecule has 6 heteroatoms. The van der Waals surface area contributed by atoms with E-state index in [2.05, 4.69) is 10.4 Å². The molecule has 1 aliphatic rings. The standard InChI is InChI=1S/C16H13N3O3/c1-10-2-4-13-11(6-10)8-17-19(13)16(20)18-12-3-5-14-15(7-12)22-9-21-14/h2-8H,9H2,1H3,(H,18,20). The summed E-state index contributed by atoms with van der Waals surface area (Å²) in [5, 5.41) is 7.89. The smallest absolute Gasteiger partial charge is 0.347 e. The van der Waals surface area contributed by atoms with E-state index in [1.165, 1.54) is 4.68 Å². The van der Waals surface area contributed by atoms with Crippen molar-refractivity contribution >= 4 is 22.6 Å². The molecule has 110 valence electrons. The highest BCUT2D eigenvalue weighted by Crippen LogP contribution is 2.34. The van der Waals surface area contributed by atoms with E-state index in [0.717, 1.165) is 16.5 Å². The molecule has 4 rings (SSSR count). The van der Waals surface area contributed by atoms with Crippen molar-refractivity contribution in [1.29, 1.82) is 0 Å². The van der Waals surface area contributed by atoms with Crippen LogP contribution in [0.2, 0.25) is 0 Å². The number of carbonyl (C=O) groups is 1. The van der Waals surface area contributed by atoms with E-state index in [1.54, 1.807) is 24.4 Å². The number of ether oxygens (including phenoxy) is 2. The zero-order chi connectivity index (χ0) is 15.1. The number of nitrogens with zero attached hydrogens (tertiary/aromatic N) is 2. The summed E-state index contributed by atoms with van der Waals surface area (Å²) in [4.78, 5) is 12.4. The summed E-state index contributed by atoms with van der Waals surface area (Å²) >= 11 is 0. The minimum Gasteiger partial charge on any atom is -0.454 e. The Morgan fingerprint density at radius 2 is 2.05 bits per heavy atom. The highest BCUT2D eigenvalue weighted by molar-refractivity contribution is 5.97. The van der Waals surface area contributed by atoms with Gasteiger partial charge in [0, 0.05) is 17.1 Å². The van der Waals surface area contributed by atoms with Gasteiger partial charge in [0.2, 0.25) is 6.79 Å². The van der Waals surface area contributed by atoms with Gasteiger partial charge in [-0.25, -0.2) is 4.79 Å². The van der Waals surface area contributed by atoms with Crippen molar-refractivity contribution in [3.05, 3.63) is 48.2 Å². The van der Waals surface area contributed by atoms with Crippen molar-refractivity contribution in [3.8, 4) is 11.5 Å². The maximum Gasteiger partial charge on any atom is 0.347 e. The number of anilines is 1. The lowest BCUT2D eigenvalue weighted by molar-refractivity contribution is 0.174. The summed E-state index contributed by atoms with van der Waals surface area (Å²) in [7, 11) is 0. The largest absolute Gasteiger partial charge is 0.454 e. The molecule has 22 heavy (non-hydrogen) atoms. The number of amides is 1. The zero-order valence-corrected chi connectivity index (χ0v) is 11.9. The second kappa shape index (κ2) is 4.77. The van der Waals surface area contributed by atoms with Crippen molar-refractivity contribution in [2.45, 2.75) is 6.92 Å². The first-order valence-electron chi connectivity index (χ1n) is 6.86. The molecule has 2 heterocycles. The number of nitrogens with one attached hydrogen (secondary N) is 1. The Morgan fingerprint density at radius 3 is 2.95 bits per heavy atom. The van der Waals surface area contributed by atoms with E-state index in [9.17, 15) is 4.79 Å². The van der Waals surface area contributed by atoms with Gasteiger partial charge in [-0.3, -0.25) is 0 Å². The fourth-order valence-electron chi connectivity index (χ4n) is 2.46. The lowest BCUT2D eigenvalue weighted by Gasteiger charge is -2.07. The van der Waals surface area contributed by atoms with Crippen LogP contribution in [0.15, 0.2) is 42.6 Å². The van der Waals surface area contributed by atoms with Crippen molar-refractivity contribution in [2.24, 2.45) is 0 Å². The Bertz CT molecular complexity index is 885. The minimum absolute atomic E-state index is 0.204. The molecule has 0 unspecified atom stereocenters. The van der Waals surface area contributed by atoms with Crippen molar-refractivity contribution in [3.63, 3.8) is 0 Å². The van der Waals surface area contributed by atoms with E-state index < -0.39 is 0 Å². The molecule has 0 radical (unpaired) electrons. The first kappa shape index (κ1) is 12.7. The molecule has 0 atom stereocenters. The topological polar surface area (TPSA) is 65.4 Å². The fourth-order valence-corrected chi connectivity index (χ4v) is 2.46. The number of aromatic nitrogens is 2. The summed E-state index contributed by atoms with van der Waals surface area (Å²) in [5.41, 5.74) is 2.53. The van der Waals surface area contributed by atoms with Gasteiger partial charge in [-0.1, -0.05) is 11.6 Å². The van der Waals surface area contributed by atoms with Crippen LogP contribution in [0.5, 0.6) is 11.5 Å². The average Bonchev–Trinajstić information content (AvgIpc) is 3.12. The van der Waals surface area contributed by atoms with Crippen LogP contribution in [-0.2, 0) is 0 Å². The predicted molar refractivity (Wildman–Crippen MR) is 81.5 cm³/mol. The van der Waals surface area contributed by atoms with Crippen molar-refractivity contribution in [2.75, 3.05) is 12.1 Å². The SMILES string of the molecule is Cc1ccc2c(cnn2C(=O)Nc2ccc3c(c2)OCO3)c1. The van der Waals surface area contributed by atoms with Crippen molar-refractivity contribution < 1.29 is 14.3 Å². The number of hydrogen-bond donors (Lipinski definition) is 1. The minimum atomic E-state index is -0.322. The van der Waals surface area contributed by atoms with E-state index >= 15 is 0 Å². The van der Waals surface area contributed by atoms with Crippen LogP contribution in [0.25, 0.3) is 10.9 Å². The molecule has 0 aliphatic carbocycles. The molecule has 1 N–H and O–H groups in total. The van der Waals surface area contributed by atoms with Gasteiger partial charge < -0.3 is 14.8 Å². The van der Waals surface area contributed by atoms with Gasteiger partial charge in [0.25, 0.3) is 0 Å². The molecular weight excluding hydrogens is 282 g/mol. The van der Waals surface area contributed by atoms with Gasteiger partial charge in [-0.2, -0.15) is 9.78 Å². The van der Waals surface area contributed by atoms with Crippen LogP contribution < -0.4 is 14.8 Å². The third kappa shape index (κ3) is 2.05. The van der Waals surface area contributed by atoms with Crippen LogP contribution >= 0.6 is 0 Å². The highest BCUT2D eigenvalue weighted by Gasteiger charge is 2.15. The van der Waals surface area contributed by atoms with Crippen LogP contribution in [0, 0.1) is 6.92 Å². The fraction of sp³-hybridized carbons (Fsp3) is 0.125. The van der Waals surface area contributed by atoms with Crippen LogP contribution in [0.3, 0.4) is 0 Å². The second-order valence-electron chi connectivity index (χ2n) is 5.12. The van der Waals surface area contributed by atoms with Crippen LogP contribution in [-0.4, -0.2) is 22.6 Å². The maximum absolute atomic E-state index is 12.4. The van der Waals surface area contributed by atoms with E-state index in [0.29, 0.717) is 17.2 Å². The molecule has 1 amide bonds. The Labute approximate surface area is 126 Å². The monoisotopic (exact) mass is 295 g/mol. The Hall–Kier alpha value is -3.02. The number of aryl methyl sites for hydroxylation is 1. The second-order valence-corrected chi connectivity index (χ2v) is 5.12. The Morgan fingerprint density at radius 1 is 1.18 bits per heavy atom. The van der Waals surface area contributed by atoms with Gasteiger partial charge in [-0.15, -0.1) is 0 Å². The molecule has 0 saturated heterocycles. The summed E-state index contributed by atoms with van der Waals surface area (Å²) in [6.45, 7) is 2.21. The molecule has 0 saturated carbocycles. The van der Waals surface area contributed by atoms with Gasteiger partial charge in [0.15, 0.2) is 11.5 Å². The highest BCUT2D eigenvalue weighted by atomic mass is 16.7. The third-order valence-electron chi connectivity index (χ3n) is 3.54. The Balaban J connectivity index is 1.63. The maximum atomic E-state index is 12.4. The molecule has 1 aromatic heterocycles. The third-order valence-corrected chi connectivity index (χ3v) is 3.54. The molecule has 1 aliphatic heterocycles. The molecular formula is C16H13N3O3. The lowest BCUT2D eigenvalue weighted by atomic mass is 10.2. The lowest BCUT2D eigenvalue weighted by Crippen LogP contribution is -2.20. The average molecular weight is 295 g/mol. The number of carbonyl (C=O) groups excluding carboxylic acids is 1. The summed E-state index contributed by atoms with van der Waals surface area (Å²) in [6.07, 6.45) is 1.68. The molecule has 0 bridgehead atoms. The summed E-state index contributed by atoms with van der Waals surface area (Å²) < 4.78 is 11.9. The van der Waals surface area contributed by atoms with Gasteiger partial charge in [-0.05, 0) is 31.2 Å². The van der Waals surface area contributed by atoms with Gasteiger partial charge in [0.1, 0.15) is 0 Å². The number of fused-ring (bicyclic) bond motifs is 2. The Kier molecular flexibility index (Phi) is 2.75. The van der Waals surface area contributed by atoms with Crippen LogP contribution in [0.1, 0.15) is 5.56 Å². The summed E-state index contributed by atoms with van der Waals surface area (Å²) in [6, 6.07) is 10.8. The summed E-state index contributed by atoms with van der Waals surface area (Å²) in [5.74, 6) is 1.30. The zero-order valence-electron chi connectivity index (χ0n) is 11.9. The predicted octanol–water partition coefficient (Wildman–Crippen LogP) is 3.15. The number of rotatable bonds is 1. The molecule has 0 fully saturated rings. The molecule has 0 spiro atoms. The molecule has 2 aromatic carbocycles. The molecule has 3 aromatic rings. The first-order chi connectivity index (χ1) is 10.7. The molecule has 6 nitrogen and oxygen atoms in total. The number of hydrogen-bond acceptors (Lipinski definition) is 4. The first-order valence-corrected chi connectivity index (χ1v) is 6.86. The quantitative estimate of drug-likeness (QED) is 0.749. The van der Waals surface area contributed by atoms with E-state index in [-0.39, 0.29) is 12.8 Å².